The van der Waals surface area contributed by atoms with Gasteiger partial charge in [0.15, 0.2) is 0 Å². The van der Waals surface area contributed by atoms with Crippen LogP contribution in [0.1, 0.15) is 12.0 Å². The first-order chi connectivity index (χ1) is 6.24. The number of hydrogen-bond donors (Lipinski definition) is 2. The maximum Gasteiger partial charge on any atom is 0.124 e. The Bertz CT molecular complexity index is 308. The second-order valence-corrected chi connectivity index (χ2v) is 3.05. The first-order valence-electron chi connectivity index (χ1n) is 4.00. The van der Waals surface area contributed by atoms with Gasteiger partial charge < -0.3 is 10.2 Å². The summed E-state index contributed by atoms with van der Waals surface area (Å²) in [5.74, 6) is 0.154. The van der Waals surface area contributed by atoms with Crippen molar-refractivity contribution < 1.29 is 10.2 Å². The summed E-state index contributed by atoms with van der Waals surface area (Å²) in [6, 6.07) is 4.92. The molecule has 70 valence electrons. The lowest BCUT2D eigenvalue weighted by Crippen LogP contribution is -1.77. The number of phenols is 1. The molecule has 0 fully saturated rings. The van der Waals surface area contributed by atoms with Gasteiger partial charge in [0.25, 0.3) is 0 Å². The van der Waals surface area contributed by atoms with Gasteiger partial charge in [-0.3, -0.25) is 0 Å². The van der Waals surface area contributed by atoms with Crippen molar-refractivity contribution in [2.45, 2.75) is 6.42 Å². The molecule has 0 spiro atoms. The molecule has 1 rings (SSSR count). The van der Waals surface area contributed by atoms with Crippen molar-refractivity contribution in [1.29, 1.82) is 0 Å². The molecule has 0 aromatic heterocycles. The van der Waals surface area contributed by atoms with Crippen molar-refractivity contribution in [3.8, 4) is 5.75 Å². The minimum atomic E-state index is 0.116. The smallest absolute Gasteiger partial charge is 0.124 e. The Morgan fingerprint density at radius 2 is 2.15 bits per heavy atom. The molecule has 2 nitrogen and oxygen atoms in total. The molecular formula is C10H11ClO2. The maximum absolute atomic E-state index is 9.39. The van der Waals surface area contributed by atoms with Crippen LogP contribution in [-0.4, -0.2) is 16.8 Å². The van der Waals surface area contributed by atoms with Gasteiger partial charge in [-0.1, -0.05) is 23.8 Å². The molecule has 0 saturated carbocycles. The van der Waals surface area contributed by atoms with Gasteiger partial charge in [-0.15, -0.1) is 0 Å². The molecule has 1 aromatic carbocycles. The van der Waals surface area contributed by atoms with Crippen LogP contribution in [0, 0.1) is 0 Å². The van der Waals surface area contributed by atoms with E-state index in [0.29, 0.717) is 17.0 Å². The highest BCUT2D eigenvalue weighted by molar-refractivity contribution is 6.30. The highest BCUT2D eigenvalue weighted by Crippen LogP contribution is 2.22. The predicted octanol–water partition coefficient (Wildman–Crippen LogP) is 2.44. The summed E-state index contributed by atoms with van der Waals surface area (Å²) in [7, 11) is 0. The third kappa shape index (κ3) is 3.09. The lowest BCUT2D eigenvalue weighted by atomic mass is 10.2. The van der Waals surface area contributed by atoms with E-state index in [-0.39, 0.29) is 12.4 Å². The second kappa shape index (κ2) is 4.90. The average Bonchev–Trinajstić information content (AvgIpc) is 2.09. The van der Waals surface area contributed by atoms with E-state index in [1.165, 1.54) is 6.07 Å². The number of aliphatic hydroxyl groups is 1. The number of aromatic hydroxyl groups is 1. The summed E-state index contributed by atoms with van der Waals surface area (Å²) in [6.07, 6.45) is 4.13. The zero-order valence-corrected chi connectivity index (χ0v) is 7.83. The van der Waals surface area contributed by atoms with E-state index in [1.54, 1.807) is 24.3 Å². The van der Waals surface area contributed by atoms with Gasteiger partial charge in [0.1, 0.15) is 5.75 Å². The minimum Gasteiger partial charge on any atom is -0.507 e. The van der Waals surface area contributed by atoms with Crippen molar-refractivity contribution in [3.63, 3.8) is 0 Å². The zero-order chi connectivity index (χ0) is 9.68. The largest absolute Gasteiger partial charge is 0.507 e. The first kappa shape index (κ1) is 10.1. The summed E-state index contributed by atoms with van der Waals surface area (Å²) >= 11 is 5.65. The minimum absolute atomic E-state index is 0.116. The lowest BCUT2D eigenvalue weighted by Gasteiger charge is -1.98. The predicted molar refractivity (Wildman–Crippen MR) is 53.9 cm³/mol. The molecule has 0 atom stereocenters. The quantitative estimate of drug-likeness (QED) is 0.783. The lowest BCUT2D eigenvalue weighted by molar-refractivity contribution is 0.303. The summed E-state index contributed by atoms with van der Waals surface area (Å²) in [5.41, 5.74) is 0.706. The van der Waals surface area contributed by atoms with Crippen LogP contribution in [0.5, 0.6) is 5.75 Å². The van der Waals surface area contributed by atoms with Gasteiger partial charge >= 0.3 is 0 Å². The molecule has 0 bridgehead atoms. The van der Waals surface area contributed by atoms with Crippen LogP contribution >= 0.6 is 11.6 Å². The van der Waals surface area contributed by atoms with E-state index in [9.17, 15) is 5.11 Å². The molecule has 0 aliphatic carbocycles. The summed E-state index contributed by atoms with van der Waals surface area (Å²) in [5, 5.41) is 18.4. The zero-order valence-electron chi connectivity index (χ0n) is 7.07. The van der Waals surface area contributed by atoms with Crippen LogP contribution in [0.15, 0.2) is 24.3 Å². The number of benzene rings is 1. The number of halogens is 1. The molecule has 0 unspecified atom stereocenters. The number of rotatable bonds is 3. The fourth-order valence-electron chi connectivity index (χ4n) is 0.943. The number of hydrogen-bond acceptors (Lipinski definition) is 2. The summed E-state index contributed by atoms with van der Waals surface area (Å²) < 4.78 is 0. The number of phenolic OH excluding ortho intramolecular Hbond substituents is 1. The van der Waals surface area contributed by atoms with Crippen molar-refractivity contribution in [1.82, 2.24) is 0 Å². The fraction of sp³-hybridized carbons (Fsp3) is 0.200. The molecule has 0 amide bonds. The Kier molecular flexibility index (Phi) is 3.80. The Morgan fingerprint density at radius 1 is 1.38 bits per heavy atom. The molecule has 0 aliphatic heterocycles. The van der Waals surface area contributed by atoms with Gasteiger partial charge in [0.2, 0.25) is 0 Å². The Hall–Kier alpha value is -0.990. The van der Waals surface area contributed by atoms with Crippen LogP contribution in [0.25, 0.3) is 6.08 Å². The highest BCUT2D eigenvalue weighted by atomic mass is 35.5. The monoisotopic (exact) mass is 198 g/mol. The molecule has 13 heavy (non-hydrogen) atoms. The van der Waals surface area contributed by atoms with Crippen LogP contribution in [0.4, 0.5) is 0 Å². The van der Waals surface area contributed by atoms with Gasteiger partial charge in [0.05, 0.1) is 0 Å². The highest BCUT2D eigenvalue weighted by Gasteiger charge is 1.96. The Balaban J connectivity index is 2.77. The Morgan fingerprint density at radius 3 is 2.77 bits per heavy atom. The molecule has 1 aromatic rings. The van der Waals surface area contributed by atoms with Crippen molar-refractivity contribution in [3.05, 3.63) is 34.9 Å². The van der Waals surface area contributed by atoms with Crippen LogP contribution in [0.2, 0.25) is 5.02 Å². The van der Waals surface area contributed by atoms with E-state index in [1.807, 2.05) is 0 Å². The van der Waals surface area contributed by atoms with Gasteiger partial charge in [0, 0.05) is 17.2 Å². The van der Waals surface area contributed by atoms with Gasteiger partial charge in [-0.2, -0.15) is 0 Å². The van der Waals surface area contributed by atoms with Crippen molar-refractivity contribution in [2.75, 3.05) is 6.61 Å². The first-order valence-corrected chi connectivity index (χ1v) is 4.38. The average molecular weight is 199 g/mol. The standard InChI is InChI=1S/C10H11ClO2/c11-9-5-4-8(10(13)7-9)3-1-2-6-12/h1,3-5,7,12-13H,2,6H2. The molecular weight excluding hydrogens is 188 g/mol. The Labute approximate surface area is 82.1 Å². The van der Waals surface area contributed by atoms with Crippen molar-refractivity contribution >= 4 is 17.7 Å². The third-order valence-corrected chi connectivity index (χ3v) is 1.82. The van der Waals surface area contributed by atoms with E-state index < -0.39 is 0 Å². The fourth-order valence-corrected chi connectivity index (χ4v) is 1.11. The molecule has 0 radical (unpaired) electrons. The topological polar surface area (TPSA) is 40.5 Å². The van der Waals surface area contributed by atoms with Crippen LogP contribution < -0.4 is 0 Å². The second-order valence-electron chi connectivity index (χ2n) is 2.62. The SMILES string of the molecule is OCCC=Cc1ccc(Cl)cc1O. The van der Waals surface area contributed by atoms with E-state index in [4.69, 9.17) is 16.7 Å². The normalized spacial score (nSPS) is 10.9. The maximum atomic E-state index is 9.39. The summed E-state index contributed by atoms with van der Waals surface area (Å²) in [6.45, 7) is 0.116. The molecule has 0 aliphatic rings. The van der Waals surface area contributed by atoms with Crippen LogP contribution in [0.3, 0.4) is 0 Å². The van der Waals surface area contributed by atoms with Crippen LogP contribution in [-0.2, 0) is 0 Å². The molecule has 2 N–H and O–H groups in total. The molecule has 0 heterocycles. The number of aliphatic hydroxyl groups excluding tert-OH is 1. The van der Waals surface area contributed by atoms with Gasteiger partial charge in [-0.05, 0) is 24.6 Å². The van der Waals surface area contributed by atoms with E-state index in [0.717, 1.165) is 0 Å². The van der Waals surface area contributed by atoms with Crippen molar-refractivity contribution in [2.24, 2.45) is 0 Å². The van der Waals surface area contributed by atoms with E-state index in [2.05, 4.69) is 0 Å². The van der Waals surface area contributed by atoms with Gasteiger partial charge in [-0.25, -0.2) is 0 Å². The molecule has 3 heteroatoms. The summed E-state index contributed by atoms with van der Waals surface area (Å²) in [4.78, 5) is 0. The third-order valence-electron chi connectivity index (χ3n) is 1.59. The van der Waals surface area contributed by atoms with E-state index >= 15 is 0 Å². The molecule has 0 saturated heterocycles.